The molecule has 0 saturated carbocycles. The summed E-state index contributed by atoms with van der Waals surface area (Å²) in [4.78, 5) is 30.3. The molecule has 1 saturated heterocycles. The number of anilines is 1. The lowest BCUT2D eigenvalue weighted by atomic mass is 10.1. The molecule has 0 atom stereocenters. The Balaban J connectivity index is 1.11. The Bertz CT molecular complexity index is 1100. The molecule has 0 aliphatic carbocycles. The number of fused-ring (bicyclic) bond motifs is 2. The van der Waals surface area contributed by atoms with Crippen molar-refractivity contribution in [3.63, 3.8) is 0 Å². The zero-order valence-corrected chi connectivity index (χ0v) is 19.6. The fraction of sp³-hybridized carbons (Fsp3) is 0.409. The lowest BCUT2D eigenvalue weighted by molar-refractivity contribution is 0.0955. The van der Waals surface area contributed by atoms with Gasteiger partial charge >= 0.3 is 0 Å². The first kappa shape index (κ1) is 20.9. The Morgan fingerprint density at radius 1 is 1.16 bits per heavy atom. The van der Waals surface area contributed by atoms with Crippen molar-refractivity contribution in [1.82, 2.24) is 14.6 Å². The van der Waals surface area contributed by atoms with Gasteiger partial charge in [-0.2, -0.15) is 4.37 Å². The number of nitrogens with one attached hydrogen (secondary N) is 1. The van der Waals surface area contributed by atoms with Crippen molar-refractivity contribution in [3.05, 3.63) is 40.8 Å². The van der Waals surface area contributed by atoms with Crippen LogP contribution in [0, 0.1) is 0 Å². The summed E-state index contributed by atoms with van der Waals surface area (Å²) < 4.78 is 6.89. The van der Waals surface area contributed by atoms with E-state index in [2.05, 4.69) is 43.8 Å². The topological polar surface area (TPSA) is 65.5 Å². The van der Waals surface area contributed by atoms with Crippen molar-refractivity contribution in [2.45, 2.75) is 17.1 Å². The van der Waals surface area contributed by atoms with E-state index in [9.17, 15) is 9.59 Å². The van der Waals surface area contributed by atoms with Gasteiger partial charge in [-0.05, 0) is 42.7 Å². The number of carbonyl (C=O) groups is 2. The molecule has 6 nitrogen and oxygen atoms in total. The van der Waals surface area contributed by atoms with E-state index in [1.165, 1.54) is 21.4 Å². The van der Waals surface area contributed by atoms with E-state index in [0.29, 0.717) is 18.5 Å². The highest BCUT2D eigenvalue weighted by molar-refractivity contribution is 8.01. The summed E-state index contributed by atoms with van der Waals surface area (Å²) in [6.45, 7) is 5.52. The average molecular weight is 473 g/mol. The fourth-order valence-electron chi connectivity index (χ4n) is 4.05. The number of carbonyl (C=O) groups excluding carboxylic acids is 2. The monoisotopic (exact) mass is 472 g/mol. The maximum absolute atomic E-state index is 12.7. The molecule has 1 aromatic carbocycles. The van der Waals surface area contributed by atoms with Crippen LogP contribution < -0.4 is 10.2 Å². The molecule has 9 heteroatoms. The molecule has 1 fully saturated rings. The number of Topliss-reactive ketones (excluding diaryl/α,β-unsaturated/α-hetero) is 1. The molecule has 162 valence electrons. The second-order valence-electron chi connectivity index (χ2n) is 7.77. The molecular formula is C22H24N4O2S3. The van der Waals surface area contributed by atoms with Crippen molar-refractivity contribution in [3.8, 4) is 0 Å². The first-order valence-electron chi connectivity index (χ1n) is 10.6. The summed E-state index contributed by atoms with van der Waals surface area (Å²) in [5.74, 6) is 2.06. The van der Waals surface area contributed by atoms with Gasteiger partial charge in [0.05, 0.1) is 19.3 Å². The molecule has 4 heterocycles. The molecule has 2 aliphatic heterocycles. The van der Waals surface area contributed by atoms with Crippen LogP contribution in [0.15, 0.2) is 34.5 Å². The van der Waals surface area contributed by atoms with Crippen LogP contribution in [0.2, 0.25) is 0 Å². The van der Waals surface area contributed by atoms with Gasteiger partial charge in [0.25, 0.3) is 5.91 Å². The van der Waals surface area contributed by atoms with Crippen molar-refractivity contribution in [2.24, 2.45) is 0 Å². The number of piperazine rings is 1. The Morgan fingerprint density at radius 2 is 2.00 bits per heavy atom. The highest BCUT2D eigenvalue weighted by Crippen LogP contribution is 2.34. The summed E-state index contributed by atoms with van der Waals surface area (Å²) in [5.41, 5.74) is 0.668. The van der Waals surface area contributed by atoms with E-state index in [1.807, 2.05) is 0 Å². The molecule has 0 unspecified atom stereocenters. The number of thioether (sulfide) groups is 1. The summed E-state index contributed by atoms with van der Waals surface area (Å²) in [7, 11) is 0. The van der Waals surface area contributed by atoms with Crippen molar-refractivity contribution in [2.75, 3.05) is 49.9 Å². The lowest BCUT2D eigenvalue weighted by Crippen LogP contribution is -2.46. The highest BCUT2D eigenvalue weighted by Gasteiger charge is 2.23. The third-order valence-electron chi connectivity index (χ3n) is 5.75. The third kappa shape index (κ3) is 4.50. The minimum absolute atomic E-state index is 0.0546. The Labute approximate surface area is 193 Å². The average Bonchev–Trinajstić information content (AvgIpc) is 3.38. The minimum Gasteiger partial charge on any atom is -0.353 e. The van der Waals surface area contributed by atoms with Crippen molar-refractivity contribution in [1.29, 1.82) is 0 Å². The standard InChI is InChI=1S/C22H24N4O2S3/c27-17(19-14-16-21(28)23-7-13-29-22(16)30-19)5-3-8-25-9-11-26(12-10-25)20-15-4-1-2-6-18(15)31-24-20/h1-2,4,6,14H,3,5,7-13H2,(H,23,28). The van der Waals surface area contributed by atoms with Crippen LogP contribution in [0.1, 0.15) is 32.9 Å². The summed E-state index contributed by atoms with van der Waals surface area (Å²) >= 11 is 4.70. The summed E-state index contributed by atoms with van der Waals surface area (Å²) in [6.07, 6.45) is 1.38. The Hall–Kier alpha value is -1.94. The summed E-state index contributed by atoms with van der Waals surface area (Å²) in [5, 5.41) is 4.13. The molecule has 31 heavy (non-hydrogen) atoms. The van der Waals surface area contributed by atoms with Crippen LogP contribution >= 0.6 is 34.6 Å². The normalized spacial score (nSPS) is 17.4. The number of thiophene rings is 1. The van der Waals surface area contributed by atoms with Crippen LogP contribution in [-0.4, -0.2) is 66.0 Å². The third-order valence-corrected chi connectivity index (χ3v) is 9.03. The predicted octanol–water partition coefficient (Wildman–Crippen LogP) is 3.98. The Morgan fingerprint density at radius 3 is 2.87 bits per heavy atom. The molecule has 2 aromatic heterocycles. The van der Waals surface area contributed by atoms with Gasteiger partial charge in [-0.15, -0.1) is 23.1 Å². The van der Waals surface area contributed by atoms with Crippen molar-refractivity contribution >= 4 is 62.2 Å². The van der Waals surface area contributed by atoms with Gasteiger partial charge in [-0.25, -0.2) is 0 Å². The van der Waals surface area contributed by atoms with E-state index >= 15 is 0 Å². The first-order chi connectivity index (χ1) is 15.2. The van der Waals surface area contributed by atoms with Gasteiger partial charge in [-0.1, -0.05) is 12.1 Å². The number of nitrogens with zero attached hydrogens (tertiary/aromatic N) is 3. The predicted molar refractivity (Wildman–Crippen MR) is 129 cm³/mol. The molecule has 3 aromatic rings. The summed E-state index contributed by atoms with van der Waals surface area (Å²) in [6, 6.07) is 10.2. The van der Waals surface area contributed by atoms with Crippen LogP contribution in [0.25, 0.3) is 10.1 Å². The highest BCUT2D eigenvalue weighted by atomic mass is 32.2. The lowest BCUT2D eigenvalue weighted by Gasteiger charge is -2.35. The fourth-order valence-corrected chi connectivity index (χ4v) is 7.15. The van der Waals surface area contributed by atoms with E-state index in [-0.39, 0.29) is 11.7 Å². The number of hydrogen-bond donors (Lipinski definition) is 1. The molecule has 1 N–H and O–H groups in total. The second-order valence-corrected chi connectivity index (χ2v) is 11.0. The second kappa shape index (κ2) is 9.28. The number of ketones is 1. The van der Waals surface area contributed by atoms with E-state index < -0.39 is 0 Å². The number of hydrogen-bond acceptors (Lipinski definition) is 8. The van der Waals surface area contributed by atoms with Crippen LogP contribution in [0.5, 0.6) is 0 Å². The van der Waals surface area contributed by atoms with Gasteiger partial charge < -0.3 is 10.2 Å². The van der Waals surface area contributed by atoms with Gasteiger partial charge in [-0.3, -0.25) is 14.5 Å². The van der Waals surface area contributed by atoms with Crippen LogP contribution in [0.3, 0.4) is 0 Å². The number of rotatable bonds is 6. The van der Waals surface area contributed by atoms with Crippen LogP contribution in [-0.2, 0) is 0 Å². The number of amides is 1. The minimum atomic E-state index is -0.0546. The first-order valence-corrected chi connectivity index (χ1v) is 13.2. The van der Waals surface area contributed by atoms with E-state index in [4.69, 9.17) is 0 Å². The molecular weight excluding hydrogens is 448 g/mol. The maximum Gasteiger partial charge on any atom is 0.253 e. The number of aromatic nitrogens is 1. The molecule has 2 aliphatic rings. The number of benzene rings is 1. The zero-order valence-electron chi connectivity index (χ0n) is 17.1. The SMILES string of the molecule is O=C(CCCN1CCN(c2nsc3ccccc23)CC1)c1cc2c(s1)SCCNC2=O. The molecule has 1 amide bonds. The Kier molecular flexibility index (Phi) is 6.27. The molecule has 5 rings (SSSR count). The van der Waals surface area contributed by atoms with Crippen LogP contribution in [0.4, 0.5) is 5.82 Å². The van der Waals surface area contributed by atoms with E-state index in [1.54, 1.807) is 29.4 Å². The zero-order chi connectivity index (χ0) is 21.2. The van der Waals surface area contributed by atoms with Crippen molar-refractivity contribution < 1.29 is 9.59 Å². The molecule has 0 spiro atoms. The quantitative estimate of drug-likeness (QED) is 0.548. The van der Waals surface area contributed by atoms with Gasteiger partial charge in [0.1, 0.15) is 5.82 Å². The maximum atomic E-state index is 12.7. The largest absolute Gasteiger partial charge is 0.353 e. The van der Waals surface area contributed by atoms with E-state index in [0.717, 1.165) is 59.8 Å². The molecule has 0 bridgehead atoms. The smallest absolute Gasteiger partial charge is 0.253 e. The van der Waals surface area contributed by atoms with Gasteiger partial charge in [0, 0.05) is 50.3 Å². The molecule has 0 radical (unpaired) electrons. The van der Waals surface area contributed by atoms with Gasteiger partial charge in [0.2, 0.25) is 0 Å². The van der Waals surface area contributed by atoms with Gasteiger partial charge in [0.15, 0.2) is 5.78 Å².